The van der Waals surface area contributed by atoms with Gasteiger partial charge in [0.25, 0.3) is 0 Å². The summed E-state index contributed by atoms with van der Waals surface area (Å²) in [4.78, 5) is 13.9. The van der Waals surface area contributed by atoms with Crippen molar-refractivity contribution in [1.29, 1.82) is 0 Å². The fraction of sp³-hybridized carbons (Fsp3) is 0.500. The molecule has 0 radical (unpaired) electrons. The second-order valence-corrected chi connectivity index (χ2v) is 5.74. The standard InChI is InChI=1S/C14H19ClN2O/c1-10-8-14(2,3)16-11-6-4-5-7-12(11)17(10)13(18)9-15/h4-7,10,16H,8-9H2,1-3H3/t10-/m0/s1. The van der Waals surface area contributed by atoms with E-state index in [4.69, 9.17) is 11.6 Å². The van der Waals surface area contributed by atoms with E-state index in [2.05, 4.69) is 26.1 Å². The Kier molecular flexibility index (Phi) is 3.53. The SMILES string of the molecule is C[C@H]1CC(C)(C)Nc2ccccc2N1C(=O)CCl. The minimum atomic E-state index is -0.0453. The van der Waals surface area contributed by atoms with Crippen LogP contribution in [0.1, 0.15) is 27.2 Å². The maximum atomic E-state index is 12.1. The molecule has 1 heterocycles. The van der Waals surface area contributed by atoms with Gasteiger partial charge in [0, 0.05) is 11.6 Å². The van der Waals surface area contributed by atoms with Crippen molar-refractivity contribution in [3.05, 3.63) is 24.3 Å². The molecule has 98 valence electrons. The van der Waals surface area contributed by atoms with E-state index in [0.29, 0.717) is 0 Å². The molecule has 0 fully saturated rings. The highest BCUT2D eigenvalue weighted by Crippen LogP contribution is 2.36. The van der Waals surface area contributed by atoms with Crippen molar-refractivity contribution in [2.24, 2.45) is 0 Å². The Hall–Kier alpha value is -1.22. The Morgan fingerprint density at radius 2 is 2.17 bits per heavy atom. The molecule has 4 heteroatoms. The number of fused-ring (bicyclic) bond motifs is 1. The molecule has 0 saturated heterocycles. The highest BCUT2D eigenvalue weighted by atomic mass is 35.5. The number of carbonyl (C=O) groups is 1. The quantitative estimate of drug-likeness (QED) is 0.792. The second-order valence-electron chi connectivity index (χ2n) is 5.48. The van der Waals surface area contributed by atoms with Gasteiger partial charge in [-0.1, -0.05) is 12.1 Å². The van der Waals surface area contributed by atoms with Crippen LogP contribution in [-0.2, 0) is 4.79 Å². The number of rotatable bonds is 1. The summed E-state index contributed by atoms with van der Waals surface area (Å²) in [5.41, 5.74) is 1.86. The molecular weight excluding hydrogens is 248 g/mol. The van der Waals surface area contributed by atoms with Crippen LogP contribution in [0.3, 0.4) is 0 Å². The Labute approximate surface area is 113 Å². The maximum Gasteiger partial charge on any atom is 0.242 e. The number of alkyl halides is 1. The zero-order chi connectivity index (χ0) is 13.3. The first-order valence-corrected chi connectivity index (χ1v) is 6.73. The van der Waals surface area contributed by atoms with Crippen molar-refractivity contribution in [2.45, 2.75) is 38.8 Å². The first kappa shape index (κ1) is 13.2. The van der Waals surface area contributed by atoms with Crippen LogP contribution in [0, 0.1) is 0 Å². The summed E-state index contributed by atoms with van der Waals surface area (Å²) in [6, 6.07) is 8.01. The molecule has 1 N–H and O–H groups in total. The van der Waals surface area contributed by atoms with E-state index in [1.807, 2.05) is 29.2 Å². The van der Waals surface area contributed by atoms with E-state index >= 15 is 0 Å². The van der Waals surface area contributed by atoms with E-state index in [9.17, 15) is 4.79 Å². The Balaban J connectivity index is 2.51. The highest BCUT2D eigenvalue weighted by molar-refractivity contribution is 6.29. The largest absolute Gasteiger partial charge is 0.378 e. The normalized spacial score (nSPS) is 21.8. The summed E-state index contributed by atoms with van der Waals surface area (Å²) in [5.74, 6) is -0.0323. The number of benzene rings is 1. The van der Waals surface area contributed by atoms with Crippen molar-refractivity contribution >= 4 is 28.9 Å². The van der Waals surface area contributed by atoms with Gasteiger partial charge in [-0.05, 0) is 39.3 Å². The third kappa shape index (κ3) is 2.46. The smallest absolute Gasteiger partial charge is 0.242 e. The lowest BCUT2D eigenvalue weighted by molar-refractivity contribution is -0.116. The molecule has 0 spiro atoms. The van der Waals surface area contributed by atoms with Crippen LogP contribution in [0.15, 0.2) is 24.3 Å². The molecule has 1 aromatic rings. The summed E-state index contributed by atoms with van der Waals surface area (Å²) < 4.78 is 0. The van der Waals surface area contributed by atoms with Gasteiger partial charge in [-0.15, -0.1) is 11.6 Å². The third-order valence-corrected chi connectivity index (χ3v) is 3.49. The summed E-state index contributed by atoms with van der Waals surface area (Å²) in [6.45, 7) is 6.36. The van der Waals surface area contributed by atoms with Crippen LogP contribution in [0.25, 0.3) is 0 Å². The van der Waals surface area contributed by atoms with Gasteiger partial charge in [-0.3, -0.25) is 4.79 Å². The third-order valence-electron chi connectivity index (χ3n) is 3.27. The average Bonchev–Trinajstić information content (AvgIpc) is 2.39. The number of para-hydroxylation sites is 2. The van der Waals surface area contributed by atoms with Crippen LogP contribution < -0.4 is 10.2 Å². The van der Waals surface area contributed by atoms with Crippen LogP contribution in [0.4, 0.5) is 11.4 Å². The summed E-state index contributed by atoms with van der Waals surface area (Å²) in [6.07, 6.45) is 0.879. The summed E-state index contributed by atoms with van der Waals surface area (Å²) >= 11 is 5.73. The van der Waals surface area contributed by atoms with Gasteiger partial charge in [0.1, 0.15) is 5.88 Å². The van der Waals surface area contributed by atoms with Crippen molar-refractivity contribution in [3.8, 4) is 0 Å². The van der Waals surface area contributed by atoms with E-state index in [1.165, 1.54) is 0 Å². The molecule has 1 aliphatic heterocycles. The number of anilines is 2. The molecule has 1 aromatic carbocycles. The molecule has 3 nitrogen and oxygen atoms in total. The minimum Gasteiger partial charge on any atom is -0.378 e. The number of halogens is 1. The van der Waals surface area contributed by atoms with Gasteiger partial charge in [0.2, 0.25) is 5.91 Å². The summed E-state index contributed by atoms with van der Waals surface area (Å²) in [5, 5.41) is 3.50. The molecule has 0 aromatic heterocycles. The minimum absolute atomic E-state index is 0.0130. The van der Waals surface area contributed by atoms with Gasteiger partial charge in [0.15, 0.2) is 0 Å². The first-order valence-electron chi connectivity index (χ1n) is 6.20. The lowest BCUT2D eigenvalue weighted by atomic mass is 9.96. The fourth-order valence-electron chi connectivity index (χ4n) is 2.72. The highest BCUT2D eigenvalue weighted by Gasteiger charge is 2.33. The van der Waals surface area contributed by atoms with Gasteiger partial charge in [-0.2, -0.15) is 0 Å². The zero-order valence-electron chi connectivity index (χ0n) is 11.0. The van der Waals surface area contributed by atoms with Crippen LogP contribution in [-0.4, -0.2) is 23.4 Å². The first-order chi connectivity index (χ1) is 8.44. The Morgan fingerprint density at radius 3 is 2.83 bits per heavy atom. The number of amides is 1. The number of carbonyl (C=O) groups excluding carboxylic acids is 1. The van der Waals surface area contributed by atoms with E-state index in [-0.39, 0.29) is 23.4 Å². The molecule has 0 aliphatic carbocycles. The number of hydrogen-bond donors (Lipinski definition) is 1. The van der Waals surface area contributed by atoms with Gasteiger partial charge < -0.3 is 10.2 Å². The predicted molar refractivity (Wildman–Crippen MR) is 76.4 cm³/mol. The molecular formula is C14H19ClN2O. The topological polar surface area (TPSA) is 32.3 Å². The van der Waals surface area contributed by atoms with Crippen LogP contribution in [0.2, 0.25) is 0 Å². The molecule has 0 saturated carbocycles. The maximum absolute atomic E-state index is 12.1. The molecule has 18 heavy (non-hydrogen) atoms. The van der Waals surface area contributed by atoms with Crippen molar-refractivity contribution in [2.75, 3.05) is 16.1 Å². The predicted octanol–water partition coefficient (Wildman–Crippen LogP) is 3.24. The Morgan fingerprint density at radius 1 is 1.50 bits per heavy atom. The summed E-state index contributed by atoms with van der Waals surface area (Å²) in [7, 11) is 0. The number of nitrogens with one attached hydrogen (secondary N) is 1. The van der Waals surface area contributed by atoms with E-state index < -0.39 is 0 Å². The molecule has 1 atom stereocenters. The second kappa shape index (κ2) is 4.81. The fourth-order valence-corrected chi connectivity index (χ4v) is 2.85. The lowest BCUT2D eigenvalue weighted by Crippen LogP contribution is -2.42. The van der Waals surface area contributed by atoms with Gasteiger partial charge in [0.05, 0.1) is 11.4 Å². The number of nitrogens with zero attached hydrogens (tertiary/aromatic N) is 1. The van der Waals surface area contributed by atoms with Gasteiger partial charge >= 0.3 is 0 Å². The van der Waals surface area contributed by atoms with E-state index in [0.717, 1.165) is 17.8 Å². The molecule has 0 unspecified atom stereocenters. The van der Waals surface area contributed by atoms with Crippen molar-refractivity contribution in [1.82, 2.24) is 0 Å². The number of hydrogen-bond acceptors (Lipinski definition) is 2. The molecule has 2 rings (SSSR count). The Bertz CT molecular complexity index is 459. The van der Waals surface area contributed by atoms with Crippen LogP contribution >= 0.6 is 11.6 Å². The molecule has 0 bridgehead atoms. The monoisotopic (exact) mass is 266 g/mol. The average molecular weight is 267 g/mol. The molecule has 1 amide bonds. The van der Waals surface area contributed by atoms with E-state index in [1.54, 1.807) is 0 Å². The van der Waals surface area contributed by atoms with Gasteiger partial charge in [-0.25, -0.2) is 0 Å². The lowest BCUT2D eigenvalue weighted by Gasteiger charge is -2.30. The van der Waals surface area contributed by atoms with Crippen molar-refractivity contribution in [3.63, 3.8) is 0 Å². The van der Waals surface area contributed by atoms with Crippen molar-refractivity contribution < 1.29 is 4.79 Å². The van der Waals surface area contributed by atoms with Crippen LogP contribution in [0.5, 0.6) is 0 Å². The molecule has 1 aliphatic rings. The zero-order valence-corrected chi connectivity index (χ0v) is 11.8.